The van der Waals surface area contributed by atoms with Gasteiger partial charge in [-0.1, -0.05) is 12.1 Å². The first kappa shape index (κ1) is 21.9. The van der Waals surface area contributed by atoms with Crippen LogP contribution in [0, 0.1) is 6.92 Å². The summed E-state index contributed by atoms with van der Waals surface area (Å²) in [6.07, 6.45) is 3.67. The van der Waals surface area contributed by atoms with Crippen molar-refractivity contribution in [1.29, 1.82) is 0 Å². The molecule has 2 aromatic heterocycles. The Bertz CT molecular complexity index is 1280. The summed E-state index contributed by atoms with van der Waals surface area (Å²) in [7, 11) is -3.78. The lowest BCUT2D eigenvalue weighted by atomic mass is 10.2. The molecule has 4 rings (SSSR count). The van der Waals surface area contributed by atoms with Crippen molar-refractivity contribution in [3.8, 4) is 11.5 Å². The molecule has 0 radical (unpaired) electrons. The van der Waals surface area contributed by atoms with Crippen molar-refractivity contribution in [3.05, 3.63) is 46.7 Å². The number of nitrogens with zero attached hydrogens (tertiary/aromatic N) is 1. The molecule has 1 aliphatic rings. The number of ether oxygens (including phenoxy) is 2. The molecule has 0 unspecified atom stereocenters. The molecular weight excluding hydrogens is 454 g/mol. The fourth-order valence-electron chi connectivity index (χ4n) is 2.92. The zero-order chi connectivity index (χ0) is 22.7. The monoisotopic (exact) mass is 475 g/mol. The number of thiophene rings is 1. The summed E-state index contributed by atoms with van der Waals surface area (Å²) < 4.78 is 44.5. The Morgan fingerprint density at radius 3 is 2.72 bits per heavy atom. The van der Waals surface area contributed by atoms with Crippen LogP contribution in [0.1, 0.15) is 29.7 Å². The van der Waals surface area contributed by atoms with Gasteiger partial charge in [-0.2, -0.15) is 0 Å². The number of carbonyl (C=O) groups excluding carboxylic acids is 1. The summed E-state index contributed by atoms with van der Waals surface area (Å²) in [5, 5.41) is 6.63. The van der Waals surface area contributed by atoms with Crippen LogP contribution >= 0.6 is 11.3 Å². The van der Waals surface area contributed by atoms with Crippen LogP contribution in [0.5, 0.6) is 11.5 Å². The highest BCUT2D eigenvalue weighted by Gasteiger charge is 2.19. The minimum atomic E-state index is -3.78. The number of anilines is 2. The number of aromatic nitrogens is 1. The first-order valence-electron chi connectivity index (χ1n) is 9.82. The van der Waals surface area contributed by atoms with E-state index >= 15 is 0 Å². The molecule has 168 valence electrons. The van der Waals surface area contributed by atoms with Gasteiger partial charge in [0.05, 0.1) is 5.69 Å². The Hall–Kier alpha value is -3.31. The molecule has 3 heterocycles. The molecule has 1 aromatic carbocycles. The van der Waals surface area contributed by atoms with Crippen LogP contribution in [0.3, 0.4) is 0 Å². The number of sulfonamides is 1. The lowest BCUT2D eigenvalue weighted by Gasteiger charge is -2.19. The maximum atomic E-state index is 12.8. The Balaban J connectivity index is 1.49. The zero-order valence-corrected chi connectivity index (χ0v) is 19.0. The minimum absolute atomic E-state index is 0.152. The molecule has 0 fully saturated rings. The quantitative estimate of drug-likeness (QED) is 0.527. The van der Waals surface area contributed by atoms with E-state index in [2.05, 4.69) is 15.2 Å². The molecule has 9 nitrogen and oxygen atoms in total. The number of aryl methyl sites for hydroxylation is 1. The number of hydrogen-bond donors (Lipinski definition) is 2. The second-order valence-electron chi connectivity index (χ2n) is 6.86. The van der Waals surface area contributed by atoms with E-state index in [1.807, 2.05) is 0 Å². The van der Waals surface area contributed by atoms with Gasteiger partial charge in [-0.05, 0) is 43.3 Å². The van der Waals surface area contributed by atoms with Crippen LogP contribution < -0.4 is 19.5 Å². The van der Waals surface area contributed by atoms with Gasteiger partial charge in [0.15, 0.2) is 17.3 Å². The van der Waals surface area contributed by atoms with Crippen LogP contribution in [-0.4, -0.2) is 32.7 Å². The third kappa shape index (κ3) is 4.78. The lowest BCUT2D eigenvalue weighted by Crippen LogP contribution is -2.16. The van der Waals surface area contributed by atoms with Gasteiger partial charge in [0.25, 0.3) is 10.0 Å². The second-order valence-corrected chi connectivity index (χ2v) is 9.89. The summed E-state index contributed by atoms with van der Waals surface area (Å²) in [6, 6.07) is 8.10. The molecular formula is C21H21N3O6S2. The zero-order valence-electron chi connectivity index (χ0n) is 17.4. The van der Waals surface area contributed by atoms with Crippen molar-refractivity contribution >= 4 is 50.8 Å². The van der Waals surface area contributed by atoms with E-state index in [-0.39, 0.29) is 10.1 Å². The average molecular weight is 476 g/mol. The summed E-state index contributed by atoms with van der Waals surface area (Å²) in [6.45, 7) is 4.35. The lowest BCUT2D eigenvalue weighted by molar-refractivity contribution is -0.115. The molecule has 0 saturated carbocycles. The van der Waals surface area contributed by atoms with Gasteiger partial charge >= 0.3 is 0 Å². The number of fused-ring (bicyclic) bond motifs is 1. The van der Waals surface area contributed by atoms with E-state index in [1.165, 1.54) is 6.07 Å². The van der Waals surface area contributed by atoms with Gasteiger partial charge < -0.3 is 19.3 Å². The molecule has 0 aliphatic carbocycles. The molecule has 0 saturated heterocycles. The van der Waals surface area contributed by atoms with Crippen molar-refractivity contribution in [1.82, 2.24) is 5.16 Å². The van der Waals surface area contributed by atoms with Crippen molar-refractivity contribution in [2.45, 2.75) is 24.5 Å². The van der Waals surface area contributed by atoms with Gasteiger partial charge in [-0.3, -0.25) is 9.52 Å². The van der Waals surface area contributed by atoms with Crippen LogP contribution in [0.4, 0.5) is 11.4 Å². The van der Waals surface area contributed by atoms with E-state index in [0.29, 0.717) is 58.8 Å². The Morgan fingerprint density at radius 1 is 1.16 bits per heavy atom. The first-order chi connectivity index (χ1) is 15.4. The predicted molar refractivity (Wildman–Crippen MR) is 122 cm³/mol. The molecule has 1 amide bonds. The normalized spacial score (nSPS) is 13.3. The minimum Gasteiger partial charge on any atom is -0.486 e. The number of amides is 1. The number of hydrogen-bond acceptors (Lipinski definition) is 8. The van der Waals surface area contributed by atoms with Gasteiger partial charge in [-0.15, -0.1) is 11.3 Å². The molecule has 0 bridgehead atoms. The highest BCUT2D eigenvalue weighted by atomic mass is 32.2. The summed E-state index contributed by atoms with van der Waals surface area (Å²) in [5.74, 6) is 1.32. The first-order valence-corrected chi connectivity index (χ1v) is 12.1. The van der Waals surface area contributed by atoms with Crippen LogP contribution in [0.2, 0.25) is 0 Å². The average Bonchev–Trinajstić information content (AvgIpc) is 3.40. The standard InChI is InChI=1S/C21H21N3O6S2/c1-3-19(25)22-21-13(2)23-30-17(21)8-5-15-6-9-20(31-15)32(26,27)24-14-4-7-16-18(12-14)29-11-10-28-16/h4-9,12,24H,3,10-11H2,1-2H3,(H,22,25). The van der Waals surface area contributed by atoms with Crippen LogP contribution in [0.15, 0.2) is 39.1 Å². The van der Waals surface area contributed by atoms with E-state index in [0.717, 1.165) is 11.3 Å². The summed E-state index contributed by atoms with van der Waals surface area (Å²) in [5.41, 5.74) is 1.44. The summed E-state index contributed by atoms with van der Waals surface area (Å²) >= 11 is 1.10. The Kier molecular flexibility index (Phi) is 6.19. The third-order valence-corrected chi connectivity index (χ3v) is 7.46. The third-order valence-electron chi connectivity index (χ3n) is 4.54. The van der Waals surface area contributed by atoms with E-state index in [1.54, 1.807) is 50.3 Å². The predicted octanol–water partition coefficient (Wildman–Crippen LogP) is 4.14. The van der Waals surface area contributed by atoms with E-state index in [4.69, 9.17) is 14.0 Å². The number of carbonyl (C=O) groups is 1. The van der Waals surface area contributed by atoms with Crippen molar-refractivity contribution in [3.63, 3.8) is 0 Å². The van der Waals surface area contributed by atoms with Gasteiger partial charge in [0.2, 0.25) is 5.91 Å². The van der Waals surface area contributed by atoms with Crippen LogP contribution in [0.25, 0.3) is 12.2 Å². The van der Waals surface area contributed by atoms with Gasteiger partial charge in [0.1, 0.15) is 28.8 Å². The number of rotatable bonds is 7. The fourth-order valence-corrected chi connectivity index (χ4v) is 5.20. The molecule has 32 heavy (non-hydrogen) atoms. The largest absolute Gasteiger partial charge is 0.486 e. The molecule has 11 heteroatoms. The smallest absolute Gasteiger partial charge is 0.271 e. The number of nitrogens with one attached hydrogen (secondary N) is 2. The van der Waals surface area contributed by atoms with Gasteiger partial charge in [0, 0.05) is 17.4 Å². The molecule has 2 N–H and O–H groups in total. The maximum absolute atomic E-state index is 12.8. The molecule has 3 aromatic rings. The van der Waals surface area contributed by atoms with Gasteiger partial charge in [-0.25, -0.2) is 8.42 Å². The SMILES string of the molecule is CCC(=O)Nc1c(C)noc1C=Cc1ccc(S(=O)(=O)Nc2ccc3c(c2)OCCO3)s1. The van der Waals surface area contributed by atoms with Crippen LogP contribution in [-0.2, 0) is 14.8 Å². The molecule has 0 atom stereocenters. The highest BCUT2D eigenvalue weighted by molar-refractivity contribution is 7.94. The highest BCUT2D eigenvalue weighted by Crippen LogP contribution is 2.34. The second kappa shape index (κ2) is 9.05. The molecule has 0 spiro atoms. The molecule has 1 aliphatic heterocycles. The fraction of sp³-hybridized carbons (Fsp3) is 0.238. The topological polar surface area (TPSA) is 120 Å². The Labute approximate surface area is 189 Å². The maximum Gasteiger partial charge on any atom is 0.271 e. The van der Waals surface area contributed by atoms with E-state index < -0.39 is 10.0 Å². The summed E-state index contributed by atoms with van der Waals surface area (Å²) in [4.78, 5) is 12.4. The van der Waals surface area contributed by atoms with Crippen molar-refractivity contribution in [2.75, 3.05) is 23.3 Å². The number of benzene rings is 1. The van der Waals surface area contributed by atoms with E-state index in [9.17, 15) is 13.2 Å². The Morgan fingerprint density at radius 2 is 1.94 bits per heavy atom. The van der Waals surface area contributed by atoms with Crippen molar-refractivity contribution in [2.24, 2.45) is 0 Å². The van der Waals surface area contributed by atoms with Crippen molar-refractivity contribution < 1.29 is 27.2 Å².